The normalized spacial score (nSPS) is 23.2. The summed E-state index contributed by atoms with van der Waals surface area (Å²) >= 11 is 0. The molecule has 0 radical (unpaired) electrons. The van der Waals surface area contributed by atoms with E-state index in [9.17, 15) is 9.90 Å². The fourth-order valence-electron chi connectivity index (χ4n) is 2.74. The maximum Gasteiger partial charge on any atom is 0.327 e. The zero-order valence-corrected chi connectivity index (χ0v) is 11.5. The maximum absolute atomic E-state index is 11.6. The van der Waals surface area contributed by atoms with E-state index in [4.69, 9.17) is 0 Å². The maximum atomic E-state index is 11.6. The van der Waals surface area contributed by atoms with Gasteiger partial charge in [-0.25, -0.2) is 0 Å². The van der Waals surface area contributed by atoms with E-state index in [2.05, 4.69) is 23.7 Å². The first-order valence-corrected chi connectivity index (χ1v) is 6.75. The van der Waals surface area contributed by atoms with Crippen LogP contribution in [-0.4, -0.2) is 58.1 Å². The number of rotatable bonds is 4. The quantitative estimate of drug-likeness (QED) is 0.885. The van der Waals surface area contributed by atoms with Gasteiger partial charge in [0.1, 0.15) is 0 Å². The van der Waals surface area contributed by atoms with Crippen molar-refractivity contribution in [2.75, 3.05) is 26.2 Å². The highest BCUT2D eigenvalue weighted by atomic mass is 16.4. The van der Waals surface area contributed by atoms with Crippen LogP contribution in [0.3, 0.4) is 0 Å². The number of carboxylic acids is 1. The number of aromatic nitrogens is 1. The van der Waals surface area contributed by atoms with E-state index in [1.165, 1.54) is 0 Å². The summed E-state index contributed by atoms with van der Waals surface area (Å²) in [6, 6.07) is 5.17. The van der Waals surface area contributed by atoms with Crippen LogP contribution in [0.15, 0.2) is 24.4 Å². The van der Waals surface area contributed by atoms with Crippen LogP contribution >= 0.6 is 0 Å². The molecule has 0 amide bonds. The van der Waals surface area contributed by atoms with Crippen molar-refractivity contribution in [3.8, 4) is 0 Å². The Labute approximate surface area is 113 Å². The molecule has 104 valence electrons. The number of aliphatic carboxylic acids is 1. The van der Waals surface area contributed by atoms with Crippen molar-refractivity contribution in [2.24, 2.45) is 0 Å². The van der Waals surface area contributed by atoms with E-state index >= 15 is 0 Å². The van der Waals surface area contributed by atoms with Gasteiger partial charge in [-0.15, -0.1) is 0 Å². The number of piperazine rings is 1. The van der Waals surface area contributed by atoms with Gasteiger partial charge in [0.15, 0.2) is 6.04 Å². The third-order valence-electron chi connectivity index (χ3n) is 3.77. The van der Waals surface area contributed by atoms with Crippen molar-refractivity contribution < 1.29 is 9.90 Å². The van der Waals surface area contributed by atoms with E-state index in [1.807, 2.05) is 11.0 Å². The van der Waals surface area contributed by atoms with Crippen molar-refractivity contribution in [1.29, 1.82) is 0 Å². The fourth-order valence-corrected chi connectivity index (χ4v) is 2.74. The predicted octanol–water partition coefficient (Wildman–Crippen LogP) is 1.23. The Morgan fingerprint density at radius 1 is 1.53 bits per heavy atom. The van der Waals surface area contributed by atoms with E-state index in [-0.39, 0.29) is 0 Å². The molecule has 1 aromatic heterocycles. The van der Waals surface area contributed by atoms with Crippen LogP contribution in [0.25, 0.3) is 0 Å². The first-order valence-electron chi connectivity index (χ1n) is 6.75. The Morgan fingerprint density at radius 3 is 2.84 bits per heavy atom. The Hall–Kier alpha value is -1.46. The molecule has 0 saturated carbocycles. The lowest BCUT2D eigenvalue weighted by Gasteiger charge is -2.41. The molecule has 2 unspecified atom stereocenters. The molecule has 0 aliphatic carbocycles. The number of nitrogens with zero attached hydrogens (tertiary/aromatic N) is 3. The van der Waals surface area contributed by atoms with Crippen LogP contribution in [0.5, 0.6) is 0 Å². The Balaban J connectivity index is 2.16. The molecule has 2 heterocycles. The van der Waals surface area contributed by atoms with Crippen LogP contribution in [0.2, 0.25) is 0 Å². The lowest BCUT2D eigenvalue weighted by atomic mass is 10.1. The lowest BCUT2D eigenvalue weighted by molar-refractivity contribution is -0.145. The van der Waals surface area contributed by atoms with Gasteiger partial charge in [-0.3, -0.25) is 19.6 Å². The Kier molecular flexibility index (Phi) is 4.50. The molecule has 1 N–H and O–H groups in total. The molecule has 1 saturated heterocycles. The minimum Gasteiger partial charge on any atom is -0.480 e. The van der Waals surface area contributed by atoms with Gasteiger partial charge in [0, 0.05) is 31.9 Å². The summed E-state index contributed by atoms with van der Waals surface area (Å²) in [5, 5.41) is 9.49. The largest absolute Gasteiger partial charge is 0.480 e. The molecule has 5 heteroatoms. The van der Waals surface area contributed by atoms with E-state index < -0.39 is 12.0 Å². The summed E-state index contributed by atoms with van der Waals surface area (Å²) in [5.41, 5.74) is 0.618. The van der Waals surface area contributed by atoms with E-state index in [0.717, 1.165) is 26.2 Å². The summed E-state index contributed by atoms with van der Waals surface area (Å²) in [6.07, 6.45) is 1.65. The van der Waals surface area contributed by atoms with Gasteiger partial charge < -0.3 is 5.11 Å². The number of carbonyl (C=O) groups is 1. The second kappa shape index (κ2) is 6.12. The summed E-state index contributed by atoms with van der Waals surface area (Å²) in [5.74, 6) is -0.823. The molecule has 0 bridgehead atoms. The zero-order chi connectivity index (χ0) is 13.8. The zero-order valence-electron chi connectivity index (χ0n) is 11.5. The molecule has 0 aromatic carbocycles. The van der Waals surface area contributed by atoms with Gasteiger partial charge in [-0.1, -0.05) is 13.0 Å². The molecule has 1 fully saturated rings. The van der Waals surface area contributed by atoms with Crippen LogP contribution in [0, 0.1) is 0 Å². The average Bonchev–Trinajstić information content (AvgIpc) is 2.40. The monoisotopic (exact) mass is 263 g/mol. The van der Waals surface area contributed by atoms with Crippen LogP contribution in [-0.2, 0) is 4.79 Å². The highest BCUT2D eigenvalue weighted by Gasteiger charge is 2.33. The summed E-state index contributed by atoms with van der Waals surface area (Å²) < 4.78 is 0. The molecule has 1 aliphatic heterocycles. The second-order valence-electron chi connectivity index (χ2n) is 4.97. The van der Waals surface area contributed by atoms with Crippen LogP contribution in [0.1, 0.15) is 25.6 Å². The van der Waals surface area contributed by atoms with Crippen molar-refractivity contribution in [3.05, 3.63) is 30.1 Å². The summed E-state index contributed by atoms with van der Waals surface area (Å²) in [4.78, 5) is 20.1. The number of pyridine rings is 1. The van der Waals surface area contributed by atoms with E-state index in [0.29, 0.717) is 11.7 Å². The smallest absolute Gasteiger partial charge is 0.327 e. The molecular formula is C14H21N3O2. The minimum atomic E-state index is -0.823. The molecule has 0 spiro atoms. The fraction of sp³-hybridized carbons (Fsp3) is 0.571. The predicted molar refractivity (Wildman–Crippen MR) is 72.9 cm³/mol. The highest BCUT2D eigenvalue weighted by Crippen LogP contribution is 2.22. The molecule has 5 nitrogen and oxygen atoms in total. The minimum absolute atomic E-state index is 0.379. The number of hydrogen-bond donors (Lipinski definition) is 1. The topological polar surface area (TPSA) is 56.7 Å². The van der Waals surface area contributed by atoms with Crippen molar-refractivity contribution >= 4 is 5.97 Å². The molecule has 1 aromatic rings. The number of likely N-dealkylation sites (N-methyl/N-ethyl adjacent to an activating group) is 1. The number of hydrogen-bond acceptors (Lipinski definition) is 4. The lowest BCUT2D eigenvalue weighted by Crippen LogP contribution is -2.53. The summed E-state index contributed by atoms with van der Waals surface area (Å²) in [6.45, 7) is 7.74. The third kappa shape index (κ3) is 3.11. The second-order valence-corrected chi connectivity index (χ2v) is 4.97. The van der Waals surface area contributed by atoms with Crippen molar-refractivity contribution in [1.82, 2.24) is 14.8 Å². The average molecular weight is 263 g/mol. The van der Waals surface area contributed by atoms with Gasteiger partial charge in [-0.2, -0.15) is 0 Å². The Morgan fingerprint density at radius 2 is 2.32 bits per heavy atom. The van der Waals surface area contributed by atoms with Gasteiger partial charge in [0.05, 0.1) is 5.69 Å². The van der Waals surface area contributed by atoms with Gasteiger partial charge in [0.2, 0.25) is 0 Å². The van der Waals surface area contributed by atoms with Crippen molar-refractivity contribution in [3.63, 3.8) is 0 Å². The number of carboxylic acid groups (broad SMARTS) is 1. The molecule has 2 atom stereocenters. The van der Waals surface area contributed by atoms with Gasteiger partial charge >= 0.3 is 5.97 Å². The first-order chi connectivity index (χ1) is 9.13. The van der Waals surface area contributed by atoms with Gasteiger partial charge in [-0.05, 0) is 25.6 Å². The molecule has 19 heavy (non-hydrogen) atoms. The van der Waals surface area contributed by atoms with E-state index in [1.54, 1.807) is 18.3 Å². The third-order valence-corrected chi connectivity index (χ3v) is 3.77. The molecule has 2 rings (SSSR count). The van der Waals surface area contributed by atoms with Crippen LogP contribution < -0.4 is 0 Å². The molecular weight excluding hydrogens is 242 g/mol. The first kappa shape index (κ1) is 14.0. The highest BCUT2D eigenvalue weighted by molar-refractivity contribution is 5.74. The van der Waals surface area contributed by atoms with Gasteiger partial charge in [0.25, 0.3) is 0 Å². The van der Waals surface area contributed by atoms with Crippen LogP contribution in [0.4, 0.5) is 0 Å². The summed E-state index contributed by atoms with van der Waals surface area (Å²) in [7, 11) is 0. The van der Waals surface area contributed by atoms with Crippen molar-refractivity contribution in [2.45, 2.75) is 25.9 Å². The SMILES string of the molecule is CCN1CCN(C(C(=O)O)c2ccccn2)CC1C. The standard InChI is InChI=1S/C14H21N3O2/c1-3-16-8-9-17(10-11(16)2)13(14(18)19)12-6-4-5-7-15-12/h4-7,11,13H,3,8-10H2,1-2H3,(H,18,19). The Bertz CT molecular complexity index is 424. The molecule has 1 aliphatic rings.